The molecule has 4 aromatic rings. The van der Waals surface area contributed by atoms with Gasteiger partial charge < -0.3 is 14.8 Å². The third-order valence-corrected chi connectivity index (χ3v) is 6.12. The number of aromatic nitrogens is 2. The smallest absolute Gasteiger partial charge is 0.343 e. The van der Waals surface area contributed by atoms with Gasteiger partial charge >= 0.3 is 17.8 Å². The molecule has 0 saturated carbocycles. The number of methoxy groups -OCH3 is 1. The predicted molar refractivity (Wildman–Crippen MR) is 149 cm³/mol. The van der Waals surface area contributed by atoms with Crippen LogP contribution in [0.15, 0.2) is 88.8 Å². The summed E-state index contributed by atoms with van der Waals surface area (Å²) in [4.78, 5) is 50.4. The number of benzene rings is 3. The van der Waals surface area contributed by atoms with E-state index in [1.807, 2.05) is 6.07 Å². The van der Waals surface area contributed by atoms with Gasteiger partial charge in [-0.3, -0.25) is 19.1 Å². The minimum Gasteiger partial charge on any atom is -0.493 e. The maximum absolute atomic E-state index is 13.0. The van der Waals surface area contributed by atoms with Gasteiger partial charge in [0.05, 0.1) is 29.8 Å². The number of carbonyl (C=O) groups excluding carboxylic acids is 3. The molecule has 2 amide bonds. The number of hydrogen-bond donors (Lipinski definition) is 2. The van der Waals surface area contributed by atoms with Gasteiger partial charge in [0.15, 0.2) is 11.5 Å². The van der Waals surface area contributed by atoms with Crippen LogP contribution in [0.5, 0.6) is 11.5 Å². The highest BCUT2D eigenvalue weighted by Crippen LogP contribution is 2.29. The second-order valence-corrected chi connectivity index (χ2v) is 8.65. The number of carbonyl (C=O) groups is 3. The van der Waals surface area contributed by atoms with Crippen LogP contribution in [-0.4, -0.2) is 40.0 Å². The quantitative estimate of drug-likeness (QED) is 0.121. The standard InChI is InChI=1S/C29H27N5O6/c1-18(21-15-16-23(24(17-21)39-4)40-29(38)20-11-7-5-8-12-20)31-32-27(36)26(35)30-25-19(2)33(3)34(28(25)37)22-13-9-6-10-14-22/h5-17H,1-4H3,(H,30,35)(H,32,36). The molecular formula is C29H27N5O6. The van der Waals surface area contributed by atoms with E-state index in [4.69, 9.17) is 9.47 Å². The van der Waals surface area contributed by atoms with E-state index in [-0.39, 0.29) is 17.2 Å². The van der Waals surface area contributed by atoms with Gasteiger partial charge in [0.2, 0.25) is 0 Å². The minimum atomic E-state index is -1.06. The molecule has 40 heavy (non-hydrogen) atoms. The maximum atomic E-state index is 13.0. The number of hydrogen-bond acceptors (Lipinski definition) is 7. The van der Waals surface area contributed by atoms with Crippen molar-refractivity contribution in [1.29, 1.82) is 0 Å². The second kappa shape index (κ2) is 11.9. The Morgan fingerprint density at radius 2 is 1.50 bits per heavy atom. The first-order valence-electron chi connectivity index (χ1n) is 12.2. The number of esters is 1. The summed E-state index contributed by atoms with van der Waals surface area (Å²) in [6, 6.07) is 22.2. The molecule has 1 heterocycles. The number of amides is 2. The van der Waals surface area contributed by atoms with E-state index in [1.165, 1.54) is 11.8 Å². The Balaban J connectivity index is 1.45. The van der Waals surface area contributed by atoms with Gasteiger partial charge in [-0.15, -0.1) is 0 Å². The van der Waals surface area contributed by atoms with Crippen molar-refractivity contribution in [2.45, 2.75) is 13.8 Å². The summed E-state index contributed by atoms with van der Waals surface area (Å²) in [5, 5.41) is 6.38. The molecule has 0 fully saturated rings. The van der Waals surface area contributed by atoms with Crippen molar-refractivity contribution >= 4 is 29.2 Å². The number of anilines is 1. The van der Waals surface area contributed by atoms with E-state index in [9.17, 15) is 19.2 Å². The first-order chi connectivity index (χ1) is 19.2. The van der Waals surface area contributed by atoms with Crippen molar-refractivity contribution in [1.82, 2.24) is 14.8 Å². The molecule has 0 atom stereocenters. The van der Waals surface area contributed by atoms with Crippen molar-refractivity contribution in [3.8, 4) is 17.2 Å². The summed E-state index contributed by atoms with van der Waals surface area (Å²) in [5.74, 6) is -2.18. The number of hydrazone groups is 1. The Bertz CT molecular complexity index is 1660. The second-order valence-electron chi connectivity index (χ2n) is 8.65. The molecule has 0 saturated heterocycles. The fourth-order valence-electron chi connectivity index (χ4n) is 3.84. The Morgan fingerprint density at radius 1 is 0.850 bits per heavy atom. The van der Waals surface area contributed by atoms with Gasteiger partial charge in [-0.25, -0.2) is 14.9 Å². The Labute approximate surface area is 229 Å². The third kappa shape index (κ3) is 5.83. The molecule has 0 aliphatic rings. The highest BCUT2D eigenvalue weighted by Gasteiger charge is 2.22. The van der Waals surface area contributed by atoms with Gasteiger partial charge in [-0.2, -0.15) is 5.10 Å². The van der Waals surface area contributed by atoms with Crippen molar-refractivity contribution in [2.24, 2.45) is 12.1 Å². The zero-order chi connectivity index (χ0) is 28.8. The average Bonchev–Trinajstić information content (AvgIpc) is 3.19. The summed E-state index contributed by atoms with van der Waals surface area (Å²) in [5.41, 5.74) is 4.06. The fourth-order valence-corrected chi connectivity index (χ4v) is 3.84. The van der Waals surface area contributed by atoms with E-state index in [0.29, 0.717) is 28.2 Å². The van der Waals surface area contributed by atoms with Crippen molar-refractivity contribution in [2.75, 3.05) is 12.4 Å². The maximum Gasteiger partial charge on any atom is 0.343 e. The average molecular weight is 542 g/mol. The van der Waals surface area contributed by atoms with E-state index in [1.54, 1.807) is 98.4 Å². The van der Waals surface area contributed by atoms with E-state index >= 15 is 0 Å². The van der Waals surface area contributed by atoms with E-state index in [2.05, 4.69) is 15.8 Å². The number of nitrogens with zero attached hydrogens (tertiary/aromatic N) is 3. The third-order valence-electron chi connectivity index (χ3n) is 6.12. The lowest BCUT2D eigenvalue weighted by Crippen LogP contribution is -2.34. The molecular weight excluding hydrogens is 514 g/mol. The van der Waals surface area contributed by atoms with Crippen molar-refractivity contribution in [3.63, 3.8) is 0 Å². The van der Waals surface area contributed by atoms with Crippen LogP contribution in [0, 0.1) is 6.92 Å². The summed E-state index contributed by atoms with van der Waals surface area (Å²) < 4.78 is 13.8. The van der Waals surface area contributed by atoms with Crippen LogP contribution in [0.4, 0.5) is 5.69 Å². The van der Waals surface area contributed by atoms with Crippen LogP contribution >= 0.6 is 0 Å². The normalized spacial score (nSPS) is 11.1. The zero-order valence-corrected chi connectivity index (χ0v) is 22.3. The van der Waals surface area contributed by atoms with E-state index < -0.39 is 23.3 Å². The lowest BCUT2D eigenvalue weighted by molar-refractivity contribution is -0.136. The molecule has 0 radical (unpaired) electrons. The molecule has 0 spiro atoms. The molecule has 0 aliphatic heterocycles. The first-order valence-corrected chi connectivity index (χ1v) is 12.2. The van der Waals surface area contributed by atoms with E-state index in [0.717, 1.165) is 0 Å². The zero-order valence-electron chi connectivity index (χ0n) is 22.3. The Hall–Kier alpha value is -5.45. The first kappa shape index (κ1) is 27.6. The van der Waals surface area contributed by atoms with Gasteiger partial charge in [-0.1, -0.05) is 36.4 Å². The lowest BCUT2D eigenvalue weighted by atomic mass is 10.1. The van der Waals surface area contributed by atoms with Crippen molar-refractivity contribution in [3.05, 3.63) is 106 Å². The van der Waals surface area contributed by atoms with Gasteiger partial charge in [0.25, 0.3) is 5.56 Å². The molecule has 4 rings (SSSR count). The van der Waals surface area contributed by atoms with Crippen LogP contribution in [0.25, 0.3) is 5.69 Å². The number of nitrogens with one attached hydrogen (secondary N) is 2. The predicted octanol–water partition coefficient (Wildman–Crippen LogP) is 3.19. The highest BCUT2D eigenvalue weighted by atomic mass is 16.6. The van der Waals surface area contributed by atoms with Gasteiger partial charge in [0.1, 0.15) is 5.69 Å². The molecule has 204 valence electrons. The SMILES string of the molecule is COc1cc(C(C)=NNC(=O)C(=O)Nc2c(C)n(C)n(-c3ccccc3)c2=O)ccc1OC(=O)c1ccccc1. The highest BCUT2D eigenvalue weighted by molar-refractivity contribution is 6.39. The van der Waals surface area contributed by atoms with Crippen LogP contribution < -0.4 is 25.8 Å². The molecule has 2 N–H and O–H groups in total. The van der Waals surface area contributed by atoms with Crippen LogP contribution in [0.1, 0.15) is 28.5 Å². The summed E-state index contributed by atoms with van der Waals surface area (Å²) >= 11 is 0. The molecule has 1 aromatic heterocycles. The Kier molecular flexibility index (Phi) is 8.24. The minimum absolute atomic E-state index is 0.0161. The number of para-hydroxylation sites is 1. The monoisotopic (exact) mass is 541 g/mol. The molecule has 3 aromatic carbocycles. The summed E-state index contributed by atoms with van der Waals surface area (Å²) in [6.45, 7) is 3.27. The topological polar surface area (TPSA) is 133 Å². The van der Waals surface area contributed by atoms with Crippen LogP contribution in [0.2, 0.25) is 0 Å². The number of rotatable bonds is 7. The summed E-state index contributed by atoms with van der Waals surface area (Å²) in [7, 11) is 3.10. The fraction of sp³-hybridized carbons (Fsp3) is 0.138. The largest absolute Gasteiger partial charge is 0.493 e. The summed E-state index contributed by atoms with van der Waals surface area (Å²) in [6.07, 6.45) is 0. The molecule has 11 nitrogen and oxygen atoms in total. The van der Waals surface area contributed by atoms with Gasteiger partial charge in [0, 0.05) is 12.6 Å². The van der Waals surface area contributed by atoms with Crippen LogP contribution in [0.3, 0.4) is 0 Å². The van der Waals surface area contributed by atoms with Crippen molar-refractivity contribution < 1.29 is 23.9 Å². The van der Waals surface area contributed by atoms with Gasteiger partial charge in [-0.05, 0) is 56.3 Å². The van der Waals surface area contributed by atoms with Crippen LogP contribution in [-0.2, 0) is 16.6 Å². The Morgan fingerprint density at radius 3 is 2.15 bits per heavy atom. The lowest BCUT2D eigenvalue weighted by Gasteiger charge is -2.11. The molecule has 0 aliphatic carbocycles. The molecule has 11 heteroatoms. The number of ether oxygens (including phenoxy) is 2. The molecule has 0 bridgehead atoms. The molecule has 0 unspecified atom stereocenters.